The Bertz CT molecular complexity index is 2260. The van der Waals surface area contributed by atoms with Crippen LogP contribution in [0.15, 0.2) is 119 Å². The number of hydrogen-bond acceptors (Lipinski definition) is 9. The largest absolute Gasteiger partial charge is 0.497 e. The van der Waals surface area contributed by atoms with Crippen molar-refractivity contribution in [1.82, 2.24) is 14.5 Å². The Hall–Kier alpha value is -6.26. The van der Waals surface area contributed by atoms with Crippen LogP contribution in [0, 0.1) is 11.8 Å². The third kappa shape index (κ3) is 6.83. The first kappa shape index (κ1) is 36.1. The Kier molecular flexibility index (Phi) is 10.3. The molecule has 54 heavy (non-hydrogen) atoms. The highest BCUT2D eigenvalue weighted by Gasteiger charge is 2.42. The smallest absolute Gasteiger partial charge is 0.330 e. The van der Waals surface area contributed by atoms with E-state index in [4.69, 9.17) is 18.9 Å². The van der Waals surface area contributed by atoms with E-state index in [1.54, 1.807) is 38.5 Å². The summed E-state index contributed by atoms with van der Waals surface area (Å²) in [6, 6.07) is 31.4. The number of aliphatic hydroxyl groups excluding tert-OH is 1. The zero-order valence-electron chi connectivity index (χ0n) is 29.6. The molecular formula is C42H37N3O9. The van der Waals surface area contributed by atoms with Gasteiger partial charge in [0, 0.05) is 25.6 Å². The standard InChI is InChI=1S/C42H37N3O9/c1-51-31-19-15-29(16-20-31)42(28-11-4-3-5-12-28,30-17-21-32(52-2)22-18-30)53-26-36-35(46)24-37(54-36)45-25-27(38(47)43-41(45)50)10-8-9-23-44-39(48)33-13-6-7-14-34(33)40(44)49/h3-7,11-22,25,35-37,46H,9,23-24,26H2,1-2H3,(H,43,47,50)/t35-,36+,37+/m0/s1. The van der Waals surface area contributed by atoms with Crippen LogP contribution < -0.4 is 20.7 Å². The third-order valence-electron chi connectivity index (χ3n) is 9.68. The first-order valence-electron chi connectivity index (χ1n) is 17.3. The molecule has 2 aliphatic heterocycles. The van der Waals surface area contributed by atoms with Crippen molar-refractivity contribution in [2.75, 3.05) is 27.4 Å². The highest BCUT2D eigenvalue weighted by molar-refractivity contribution is 6.21. The summed E-state index contributed by atoms with van der Waals surface area (Å²) in [7, 11) is 3.19. The molecule has 0 bridgehead atoms. The maximum absolute atomic E-state index is 13.0. The molecule has 3 atom stereocenters. The summed E-state index contributed by atoms with van der Waals surface area (Å²) in [4.78, 5) is 54.5. The van der Waals surface area contributed by atoms with Gasteiger partial charge in [-0.05, 0) is 53.1 Å². The Labute approximate surface area is 310 Å². The number of aliphatic hydroxyl groups is 1. The number of fused-ring (bicyclic) bond motifs is 1. The Morgan fingerprint density at radius 3 is 1.93 bits per heavy atom. The molecule has 3 heterocycles. The molecule has 2 N–H and O–H groups in total. The molecule has 1 saturated heterocycles. The van der Waals surface area contributed by atoms with E-state index in [9.17, 15) is 24.3 Å². The maximum atomic E-state index is 13.0. The number of hydrogen-bond donors (Lipinski definition) is 2. The zero-order chi connectivity index (χ0) is 37.8. The summed E-state index contributed by atoms with van der Waals surface area (Å²) < 4.78 is 25.2. The molecule has 12 nitrogen and oxygen atoms in total. The Balaban J connectivity index is 1.12. The van der Waals surface area contributed by atoms with Crippen LogP contribution in [0.1, 0.15) is 62.0 Å². The lowest BCUT2D eigenvalue weighted by atomic mass is 9.80. The predicted molar refractivity (Wildman–Crippen MR) is 197 cm³/mol. The number of benzene rings is 4. The highest BCUT2D eigenvalue weighted by atomic mass is 16.6. The van der Waals surface area contributed by atoms with Crippen molar-refractivity contribution in [3.05, 3.63) is 164 Å². The van der Waals surface area contributed by atoms with Crippen molar-refractivity contribution in [3.63, 3.8) is 0 Å². The first-order valence-corrected chi connectivity index (χ1v) is 17.3. The number of aromatic amines is 1. The van der Waals surface area contributed by atoms with Crippen molar-refractivity contribution >= 4 is 11.8 Å². The van der Waals surface area contributed by atoms with E-state index < -0.39 is 47.1 Å². The molecule has 0 unspecified atom stereocenters. The average molecular weight is 728 g/mol. The first-order chi connectivity index (χ1) is 26.2. The SMILES string of the molecule is COc1ccc(C(OC[C@H]2O[C@@H](n3cc(C#CCCN4C(=O)c5ccccc5C4=O)c(=O)[nH]c3=O)C[C@@H]2O)(c2ccccc2)c2ccc(OC)cc2)cc1. The van der Waals surface area contributed by atoms with Gasteiger partial charge in [-0.3, -0.25) is 28.8 Å². The number of rotatable bonds is 11. The molecule has 5 aromatic rings. The van der Waals surface area contributed by atoms with Gasteiger partial charge < -0.3 is 24.1 Å². The molecule has 2 amide bonds. The minimum absolute atomic E-state index is 0.0168. The molecule has 2 aliphatic rings. The lowest BCUT2D eigenvalue weighted by Crippen LogP contribution is -2.38. The van der Waals surface area contributed by atoms with Gasteiger partial charge in [0.25, 0.3) is 17.4 Å². The third-order valence-corrected chi connectivity index (χ3v) is 9.68. The number of carbonyl (C=O) groups excluding carboxylic acids is 2. The summed E-state index contributed by atoms with van der Waals surface area (Å²) in [6.07, 6.45) is -1.39. The second-order valence-corrected chi connectivity index (χ2v) is 12.8. The number of aromatic nitrogens is 2. The van der Waals surface area contributed by atoms with Gasteiger partial charge in [0.2, 0.25) is 0 Å². The number of H-pyrrole nitrogens is 1. The number of ether oxygens (including phenoxy) is 4. The minimum atomic E-state index is -1.16. The monoisotopic (exact) mass is 727 g/mol. The van der Waals surface area contributed by atoms with Crippen molar-refractivity contribution in [2.24, 2.45) is 0 Å². The van der Waals surface area contributed by atoms with Gasteiger partial charge in [-0.25, -0.2) is 4.79 Å². The number of amides is 2. The van der Waals surface area contributed by atoms with Gasteiger partial charge in [-0.1, -0.05) is 78.6 Å². The molecule has 1 aromatic heterocycles. The van der Waals surface area contributed by atoms with E-state index in [-0.39, 0.29) is 31.6 Å². The van der Waals surface area contributed by atoms with Gasteiger partial charge in [0.15, 0.2) is 0 Å². The second-order valence-electron chi connectivity index (χ2n) is 12.8. The number of methoxy groups -OCH3 is 2. The fourth-order valence-electron chi connectivity index (χ4n) is 6.87. The maximum Gasteiger partial charge on any atom is 0.330 e. The molecule has 0 radical (unpaired) electrons. The van der Waals surface area contributed by atoms with Crippen LogP contribution in [0.4, 0.5) is 0 Å². The van der Waals surface area contributed by atoms with Crippen LogP contribution in [-0.2, 0) is 15.1 Å². The molecule has 12 heteroatoms. The molecule has 0 saturated carbocycles. The van der Waals surface area contributed by atoms with Gasteiger partial charge in [0.1, 0.15) is 35.0 Å². The molecule has 0 aliphatic carbocycles. The summed E-state index contributed by atoms with van der Waals surface area (Å²) in [5.41, 5.74) is 0.496. The molecule has 1 fully saturated rings. The zero-order valence-corrected chi connectivity index (χ0v) is 29.6. The van der Waals surface area contributed by atoms with Crippen LogP contribution in [0.2, 0.25) is 0 Å². The van der Waals surface area contributed by atoms with Crippen molar-refractivity contribution in [2.45, 2.75) is 36.9 Å². The summed E-state index contributed by atoms with van der Waals surface area (Å²) in [5, 5.41) is 11.3. The van der Waals surface area contributed by atoms with Crippen molar-refractivity contribution < 1.29 is 33.6 Å². The quantitative estimate of drug-likeness (QED) is 0.116. The van der Waals surface area contributed by atoms with Crippen LogP contribution in [-0.4, -0.2) is 71.0 Å². The number of nitrogens with one attached hydrogen (secondary N) is 1. The number of carbonyl (C=O) groups is 2. The van der Waals surface area contributed by atoms with E-state index >= 15 is 0 Å². The predicted octanol–water partition coefficient (Wildman–Crippen LogP) is 4.25. The van der Waals surface area contributed by atoms with Crippen molar-refractivity contribution in [1.29, 1.82) is 0 Å². The number of imide groups is 1. The summed E-state index contributed by atoms with van der Waals surface area (Å²) >= 11 is 0. The van der Waals surface area contributed by atoms with Crippen LogP contribution in [0.3, 0.4) is 0 Å². The Morgan fingerprint density at radius 2 is 1.35 bits per heavy atom. The molecular weight excluding hydrogens is 690 g/mol. The van der Waals surface area contributed by atoms with E-state index in [0.29, 0.717) is 22.6 Å². The molecule has 0 spiro atoms. The van der Waals surface area contributed by atoms with E-state index in [0.717, 1.165) is 21.6 Å². The lowest BCUT2D eigenvalue weighted by molar-refractivity contribution is -0.0944. The van der Waals surface area contributed by atoms with Gasteiger partial charge >= 0.3 is 5.69 Å². The molecule has 7 rings (SSSR count). The normalized spacial score (nSPS) is 17.9. The Morgan fingerprint density at radius 1 is 0.796 bits per heavy atom. The van der Waals surface area contributed by atoms with E-state index in [2.05, 4.69) is 16.8 Å². The van der Waals surface area contributed by atoms with Crippen molar-refractivity contribution in [3.8, 4) is 23.3 Å². The van der Waals surface area contributed by atoms with E-state index in [1.165, 1.54) is 10.8 Å². The lowest BCUT2D eigenvalue weighted by Gasteiger charge is -2.37. The van der Waals surface area contributed by atoms with E-state index in [1.807, 2.05) is 78.9 Å². The summed E-state index contributed by atoms with van der Waals surface area (Å²) in [6.45, 7) is -0.0405. The van der Waals surface area contributed by atoms with Gasteiger partial charge in [0.05, 0.1) is 38.1 Å². The summed E-state index contributed by atoms with van der Waals surface area (Å²) in [5.74, 6) is 6.14. The topological polar surface area (TPSA) is 149 Å². The average Bonchev–Trinajstić information content (AvgIpc) is 3.69. The fraction of sp³-hybridized carbons (Fsp3) is 0.238. The second kappa shape index (κ2) is 15.4. The fourth-order valence-corrected chi connectivity index (χ4v) is 6.87. The minimum Gasteiger partial charge on any atom is -0.497 e. The van der Waals surface area contributed by atoms with Crippen LogP contribution in [0.5, 0.6) is 11.5 Å². The van der Waals surface area contributed by atoms with Crippen LogP contribution in [0.25, 0.3) is 0 Å². The molecule has 274 valence electrons. The van der Waals surface area contributed by atoms with Gasteiger partial charge in [-0.2, -0.15) is 0 Å². The van der Waals surface area contributed by atoms with Crippen LogP contribution >= 0.6 is 0 Å². The highest BCUT2D eigenvalue weighted by Crippen LogP contribution is 2.42. The van der Waals surface area contributed by atoms with Gasteiger partial charge in [-0.15, -0.1) is 0 Å². The molecule has 4 aromatic carbocycles. The number of nitrogens with zero attached hydrogens (tertiary/aromatic N) is 2.